The van der Waals surface area contributed by atoms with E-state index in [1.54, 1.807) is 6.20 Å². The lowest BCUT2D eigenvalue weighted by atomic mass is 9.90. The zero-order valence-electron chi connectivity index (χ0n) is 10.4. The summed E-state index contributed by atoms with van der Waals surface area (Å²) in [7, 11) is 0. The molecule has 18 heavy (non-hydrogen) atoms. The number of halogens is 1. The Morgan fingerprint density at radius 2 is 2.17 bits per heavy atom. The first kappa shape index (κ1) is 12.2. The van der Waals surface area contributed by atoms with Gasteiger partial charge in [0.15, 0.2) is 0 Å². The third-order valence-corrected chi connectivity index (χ3v) is 4.13. The van der Waals surface area contributed by atoms with Gasteiger partial charge in [-0.25, -0.2) is 4.98 Å². The largest absolute Gasteiger partial charge is 0.374 e. The fourth-order valence-electron chi connectivity index (χ4n) is 2.95. The molecular weight excluding hydrogens is 250 g/mol. The van der Waals surface area contributed by atoms with Gasteiger partial charge in [-0.1, -0.05) is 12.8 Å². The molecule has 0 radical (unpaired) electrons. The Morgan fingerprint density at radius 1 is 1.28 bits per heavy atom. The first-order chi connectivity index (χ1) is 8.88. The summed E-state index contributed by atoms with van der Waals surface area (Å²) in [6, 6.07) is 0.476. The third kappa shape index (κ3) is 2.31. The predicted molar refractivity (Wildman–Crippen MR) is 70.9 cm³/mol. The van der Waals surface area contributed by atoms with Gasteiger partial charge in [0.1, 0.15) is 5.82 Å². The normalized spacial score (nSPS) is 27.9. The highest BCUT2D eigenvalue weighted by atomic mass is 35.5. The zero-order chi connectivity index (χ0) is 12.4. The maximum atomic E-state index is 5.87. The molecule has 0 amide bonds. The fraction of sp³-hybridized carbons (Fsp3) is 0.692. The Bertz CT molecular complexity index is 396. The van der Waals surface area contributed by atoms with E-state index in [0.717, 1.165) is 24.7 Å². The van der Waals surface area contributed by atoms with Crippen molar-refractivity contribution in [2.45, 2.75) is 43.7 Å². The van der Waals surface area contributed by atoms with Gasteiger partial charge in [0.05, 0.1) is 42.7 Å². The van der Waals surface area contributed by atoms with Gasteiger partial charge in [0.2, 0.25) is 0 Å². The molecule has 98 valence electrons. The number of alkyl halides is 1. The summed E-state index contributed by atoms with van der Waals surface area (Å²) in [5, 5.41) is 0. The molecule has 0 bridgehead atoms. The molecule has 5 heteroatoms. The van der Waals surface area contributed by atoms with Crippen molar-refractivity contribution in [2.75, 3.05) is 18.1 Å². The van der Waals surface area contributed by atoms with Crippen molar-refractivity contribution in [3.05, 3.63) is 18.1 Å². The van der Waals surface area contributed by atoms with Crippen molar-refractivity contribution in [1.29, 1.82) is 0 Å². The molecule has 1 aromatic rings. The number of fused-ring (bicyclic) bond motifs is 1. The summed E-state index contributed by atoms with van der Waals surface area (Å²) in [6.45, 7) is 1.70. The van der Waals surface area contributed by atoms with Gasteiger partial charge in [-0.05, 0) is 12.8 Å². The summed E-state index contributed by atoms with van der Waals surface area (Å²) in [5.41, 5.74) is 0.828. The summed E-state index contributed by atoms with van der Waals surface area (Å²) < 4.78 is 5.87. The van der Waals surface area contributed by atoms with Crippen molar-refractivity contribution in [2.24, 2.45) is 0 Å². The molecule has 0 spiro atoms. The van der Waals surface area contributed by atoms with Gasteiger partial charge in [-0.3, -0.25) is 4.98 Å². The van der Waals surface area contributed by atoms with Crippen LogP contribution >= 0.6 is 11.6 Å². The molecule has 2 fully saturated rings. The Kier molecular flexibility index (Phi) is 3.66. The number of hydrogen-bond donors (Lipinski definition) is 0. The van der Waals surface area contributed by atoms with Gasteiger partial charge in [0, 0.05) is 6.54 Å². The highest BCUT2D eigenvalue weighted by Gasteiger charge is 2.34. The van der Waals surface area contributed by atoms with Crippen molar-refractivity contribution in [1.82, 2.24) is 9.97 Å². The van der Waals surface area contributed by atoms with Crippen LogP contribution in [0.15, 0.2) is 12.4 Å². The third-order valence-electron chi connectivity index (χ3n) is 3.86. The zero-order valence-corrected chi connectivity index (χ0v) is 11.1. The monoisotopic (exact) mass is 267 g/mol. The molecule has 2 heterocycles. The standard InChI is InChI=1S/C13H18ClN3O/c14-7-10-8-16-13(9-15-10)17-5-6-18-12-4-2-1-3-11(12)17/h8-9,11-12H,1-7H2. The lowest BCUT2D eigenvalue weighted by molar-refractivity contribution is -0.00901. The number of rotatable bonds is 2. The van der Waals surface area contributed by atoms with Crippen LogP contribution in [0, 0.1) is 0 Å². The fourth-order valence-corrected chi connectivity index (χ4v) is 3.08. The Balaban J connectivity index is 1.80. The van der Waals surface area contributed by atoms with Crippen molar-refractivity contribution >= 4 is 17.4 Å². The molecule has 4 nitrogen and oxygen atoms in total. The van der Waals surface area contributed by atoms with E-state index >= 15 is 0 Å². The Morgan fingerprint density at radius 3 is 2.94 bits per heavy atom. The molecule has 1 aromatic heterocycles. The second kappa shape index (κ2) is 5.41. The van der Waals surface area contributed by atoms with Crippen LogP contribution in [0.4, 0.5) is 5.82 Å². The van der Waals surface area contributed by atoms with Crippen LogP contribution < -0.4 is 4.90 Å². The number of hydrogen-bond acceptors (Lipinski definition) is 4. The predicted octanol–water partition coefficient (Wildman–Crippen LogP) is 2.36. The lowest BCUT2D eigenvalue weighted by Gasteiger charge is -2.44. The van der Waals surface area contributed by atoms with E-state index in [-0.39, 0.29) is 0 Å². The van der Waals surface area contributed by atoms with E-state index in [2.05, 4.69) is 14.9 Å². The highest BCUT2D eigenvalue weighted by molar-refractivity contribution is 6.16. The van der Waals surface area contributed by atoms with E-state index in [1.807, 2.05) is 6.20 Å². The number of anilines is 1. The van der Waals surface area contributed by atoms with Crippen LogP contribution in [-0.2, 0) is 10.6 Å². The van der Waals surface area contributed by atoms with E-state index in [1.165, 1.54) is 25.7 Å². The number of ether oxygens (including phenoxy) is 1. The van der Waals surface area contributed by atoms with Crippen LogP contribution in [-0.4, -0.2) is 35.3 Å². The SMILES string of the molecule is ClCc1cnc(N2CCOC3CCCCC32)cn1. The Labute approximate surface area is 112 Å². The van der Waals surface area contributed by atoms with Crippen LogP contribution in [0.3, 0.4) is 0 Å². The molecule has 1 saturated heterocycles. The number of aromatic nitrogens is 2. The first-order valence-electron chi connectivity index (χ1n) is 6.63. The van der Waals surface area contributed by atoms with Gasteiger partial charge in [0.25, 0.3) is 0 Å². The van der Waals surface area contributed by atoms with Crippen molar-refractivity contribution < 1.29 is 4.74 Å². The second-order valence-electron chi connectivity index (χ2n) is 4.95. The summed E-state index contributed by atoms with van der Waals surface area (Å²) in [6.07, 6.45) is 8.93. The average molecular weight is 268 g/mol. The minimum atomic E-state index is 0.377. The second-order valence-corrected chi connectivity index (χ2v) is 5.22. The molecular formula is C13H18ClN3O. The summed E-state index contributed by atoms with van der Waals surface area (Å²) >= 11 is 5.74. The maximum Gasteiger partial charge on any atom is 0.147 e. The topological polar surface area (TPSA) is 38.2 Å². The molecule has 3 rings (SSSR count). The lowest BCUT2D eigenvalue weighted by Crippen LogP contribution is -2.53. The molecule has 0 aromatic carbocycles. The molecule has 1 aliphatic carbocycles. The quantitative estimate of drug-likeness (QED) is 0.771. The van der Waals surface area contributed by atoms with Gasteiger partial charge < -0.3 is 9.64 Å². The smallest absolute Gasteiger partial charge is 0.147 e. The van der Waals surface area contributed by atoms with Crippen LogP contribution in [0.5, 0.6) is 0 Å². The number of morpholine rings is 1. The summed E-state index contributed by atoms with van der Waals surface area (Å²) in [5.74, 6) is 1.38. The molecule has 0 N–H and O–H groups in total. The van der Waals surface area contributed by atoms with Crippen molar-refractivity contribution in [3.8, 4) is 0 Å². The highest BCUT2D eigenvalue weighted by Crippen LogP contribution is 2.30. The van der Waals surface area contributed by atoms with Gasteiger partial charge in [-0.15, -0.1) is 11.6 Å². The van der Waals surface area contributed by atoms with Crippen LogP contribution in [0.2, 0.25) is 0 Å². The molecule has 2 aliphatic rings. The minimum Gasteiger partial charge on any atom is -0.374 e. The molecule has 1 aliphatic heterocycles. The van der Waals surface area contributed by atoms with Gasteiger partial charge in [-0.2, -0.15) is 0 Å². The first-order valence-corrected chi connectivity index (χ1v) is 7.17. The van der Waals surface area contributed by atoms with E-state index in [0.29, 0.717) is 18.0 Å². The molecule has 1 saturated carbocycles. The van der Waals surface area contributed by atoms with Crippen LogP contribution in [0.1, 0.15) is 31.4 Å². The molecule has 2 atom stereocenters. The van der Waals surface area contributed by atoms with E-state index in [9.17, 15) is 0 Å². The number of nitrogens with zero attached hydrogens (tertiary/aromatic N) is 3. The minimum absolute atomic E-state index is 0.377. The van der Waals surface area contributed by atoms with E-state index < -0.39 is 0 Å². The van der Waals surface area contributed by atoms with Crippen molar-refractivity contribution in [3.63, 3.8) is 0 Å². The van der Waals surface area contributed by atoms with E-state index in [4.69, 9.17) is 16.3 Å². The summed E-state index contributed by atoms with van der Waals surface area (Å²) in [4.78, 5) is 11.2. The van der Waals surface area contributed by atoms with Crippen LogP contribution in [0.25, 0.3) is 0 Å². The Hall–Kier alpha value is -0.870. The average Bonchev–Trinajstić information content (AvgIpc) is 2.47. The molecule has 2 unspecified atom stereocenters. The van der Waals surface area contributed by atoms with Gasteiger partial charge >= 0.3 is 0 Å². The maximum absolute atomic E-state index is 5.87.